The fourth-order valence-corrected chi connectivity index (χ4v) is 14.0. The molecule has 0 N–H and O–H groups in total. The Morgan fingerprint density at radius 2 is 0.591 bits per heavy atom. The molecule has 0 amide bonds. The van der Waals surface area contributed by atoms with E-state index in [9.17, 15) is 0 Å². The van der Waals surface area contributed by atoms with Crippen molar-refractivity contribution in [3.05, 3.63) is 301 Å². The number of benzene rings is 13. The molecule has 0 aliphatic rings. The fraction of sp³-hybridized carbons (Fsp3) is 0.169. The topological polar surface area (TPSA) is 16.3 Å². The normalized spacial score (nSPS) is 12.3. The van der Waals surface area contributed by atoms with Gasteiger partial charge >= 0.3 is 0 Å². The van der Waals surface area contributed by atoms with Gasteiger partial charge in [0.2, 0.25) is 0 Å². The lowest BCUT2D eigenvalue weighted by Crippen LogP contribution is -2.13. The van der Waals surface area contributed by atoms with Crippen LogP contribution in [0.2, 0.25) is 0 Å². The number of fused-ring (bicyclic) bond motifs is 8. The smallest absolute Gasteiger partial charge is 0.0541 e. The van der Waals surface area contributed by atoms with Gasteiger partial charge in [-0.25, -0.2) is 0 Å². The zero-order valence-corrected chi connectivity index (χ0v) is 55.4. The Bertz CT molecular complexity index is 5250. The van der Waals surface area contributed by atoms with Crippen molar-refractivity contribution in [3.63, 3.8) is 0 Å². The molecular formula is C89H80N4. The van der Waals surface area contributed by atoms with E-state index in [4.69, 9.17) is 0 Å². The van der Waals surface area contributed by atoms with Gasteiger partial charge in [0.05, 0.1) is 33.4 Å². The van der Waals surface area contributed by atoms with E-state index < -0.39 is 0 Å². The third kappa shape index (κ3) is 10.7. The number of aromatic nitrogens is 2. The standard InChI is InChI=1S/C89H80N4/c1-58(2)65-37-49-83-77(53-65)78-54-66(87(3,4)5)38-50-84(78)92(83)71-45-33-61(34-46-71)59-29-41-69(42-30-59)90(81-27-16-21-63-19-12-14-25-75(63)81)73-23-18-24-74(57-73)91(82-28-17-22-64-20-13-15-26-76(64)82)70-43-31-60(32-44-70)62-35-47-72(48-36-62)93-85-51-39-67(88(6,7)8)55-79(85)80-56-68(89(9,10)11)40-52-86(80)93/h12-58H,1-11H3. The van der Waals surface area contributed by atoms with Crippen molar-refractivity contribution in [2.75, 3.05) is 9.80 Å². The van der Waals surface area contributed by atoms with Crippen molar-refractivity contribution < 1.29 is 0 Å². The molecule has 0 unspecified atom stereocenters. The third-order valence-electron chi connectivity index (χ3n) is 19.3. The van der Waals surface area contributed by atoms with E-state index in [1.807, 2.05) is 0 Å². The summed E-state index contributed by atoms with van der Waals surface area (Å²) >= 11 is 0. The Balaban J connectivity index is 0.785. The Hall–Kier alpha value is -10.4. The maximum Gasteiger partial charge on any atom is 0.0541 e. The van der Waals surface area contributed by atoms with Crippen molar-refractivity contribution in [2.45, 2.75) is 98.3 Å². The monoisotopic (exact) mass is 1200 g/mol. The number of hydrogen-bond donors (Lipinski definition) is 0. The average molecular weight is 1210 g/mol. The maximum atomic E-state index is 2.44. The molecule has 0 bridgehead atoms. The van der Waals surface area contributed by atoms with Crippen LogP contribution >= 0.6 is 0 Å². The van der Waals surface area contributed by atoms with E-state index in [2.05, 4.69) is 374 Å². The number of nitrogens with zero attached hydrogens (tertiary/aromatic N) is 4. The van der Waals surface area contributed by atoms with Crippen LogP contribution in [0.5, 0.6) is 0 Å². The van der Waals surface area contributed by atoms with Crippen molar-refractivity contribution in [3.8, 4) is 33.6 Å². The van der Waals surface area contributed by atoms with Crippen molar-refractivity contribution >= 4 is 99.3 Å². The Morgan fingerprint density at radius 1 is 0.269 bits per heavy atom. The fourth-order valence-electron chi connectivity index (χ4n) is 14.0. The summed E-state index contributed by atoms with van der Waals surface area (Å²) < 4.78 is 4.89. The SMILES string of the molecule is CC(C)c1ccc2c(c1)c1cc(C(C)(C)C)ccc1n2-c1ccc(-c2ccc(N(c3cccc(N(c4ccc(-c5ccc(-n6c7ccc(C(C)(C)C)cc7c7cc(C(C)(C)C)ccc76)cc5)cc4)c4cccc5ccccc45)c3)c3cccc4ccccc34)cc2)cc1. The van der Waals surface area contributed by atoms with Gasteiger partial charge in [0.25, 0.3) is 0 Å². The molecule has 4 heteroatoms. The molecule has 13 aromatic carbocycles. The van der Waals surface area contributed by atoms with Crippen LogP contribution in [0.3, 0.4) is 0 Å². The van der Waals surface area contributed by atoms with Crippen LogP contribution in [0, 0.1) is 0 Å². The van der Waals surface area contributed by atoms with Crippen LogP contribution in [0.25, 0.3) is 98.8 Å². The Kier molecular flexibility index (Phi) is 14.4. The highest BCUT2D eigenvalue weighted by molar-refractivity contribution is 6.11. The van der Waals surface area contributed by atoms with Gasteiger partial charge in [-0.05, 0) is 205 Å². The molecule has 2 aromatic heterocycles. The van der Waals surface area contributed by atoms with Crippen LogP contribution < -0.4 is 9.80 Å². The summed E-state index contributed by atoms with van der Waals surface area (Å²) in [6, 6.07) is 105. The lowest BCUT2D eigenvalue weighted by Gasteiger charge is -2.30. The van der Waals surface area contributed by atoms with E-state index in [0.29, 0.717) is 5.92 Å². The van der Waals surface area contributed by atoms with Crippen LogP contribution in [-0.2, 0) is 16.2 Å². The lowest BCUT2D eigenvalue weighted by molar-refractivity contribution is 0.590. The van der Waals surface area contributed by atoms with Crippen molar-refractivity contribution in [1.29, 1.82) is 0 Å². The van der Waals surface area contributed by atoms with Gasteiger partial charge < -0.3 is 18.9 Å². The minimum Gasteiger partial charge on any atom is -0.310 e. The van der Waals surface area contributed by atoms with Gasteiger partial charge in [0, 0.05) is 66.4 Å². The highest BCUT2D eigenvalue weighted by Gasteiger charge is 2.25. The number of hydrogen-bond acceptors (Lipinski definition) is 2. The van der Waals surface area contributed by atoms with Crippen molar-refractivity contribution in [2.24, 2.45) is 0 Å². The first-order valence-electron chi connectivity index (χ1n) is 33.1. The van der Waals surface area contributed by atoms with Crippen LogP contribution in [0.15, 0.2) is 279 Å². The minimum atomic E-state index is 0.0375. The summed E-state index contributed by atoms with van der Waals surface area (Å²) in [7, 11) is 0. The predicted molar refractivity (Wildman–Crippen MR) is 401 cm³/mol. The second kappa shape index (κ2) is 22.8. The first-order chi connectivity index (χ1) is 44.8. The van der Waals surface area contributed by atoms with E-state index in [-0.39, 0.29) is 16.2 Å². The molecule has 15 rings (SSSR count). The lowest BCUT2D eigenvalue weighted by atomic mass is 9.85. The molecule has 15 aromatic rings. The van der Waals surface area contributed by atoms with Gasteiger partial charge in [0.1, 0.15) is 0 Å². The molecule has 0 aliphatic carbocycles. The molecule has 456 valence electrons. The molecular weight excluding hydrogens is 1130 g/mol. The summed E-state index contributed by atoms with van der Waals surface area (Å²) in [5.74, 6) is 0.443. The van der Waals surface area contributed by atoms with Crippen LogP contribution in [-0.4, -0.2) is 9.13 Å². The Morgan fingerprint density at radius 3 is 0.957 bits per heavy atom. The highest BCUT2D eigenvalue weighted by Crippen LogP contribution is 2.46. The molecule has 4 nitrogen and oxygen atoms in total. The maximum absolute atomic E-state index is 2.44. The molecule has 0 aliphatic heterocycles. The minimum absolute atomic E-state index is 0.0375. The van der Waals surface area contributed by atoms with Crippen LogP contribution in [0.4, 0.5) is 34.1 Å². The van der Waals surface area contributed by atoms with Crippen molar-refractivity contribution in [1.82, 2.24) is 9.13 Å². The highest BCUT2D eigenvalue weighted by atomic mass is 15.2. The quantitative estimate of drug-likeness (QED) is 0.128. The summed E-state index contributed by atoms with van der Waals surface area (Å²) in [5, 5.41) is 9.93. The van der Waals surface area contributed by atoms with E-state index in [1.165, 1.54) is 93.0 Å². The zero-order chi connectivity index (χ0) is 64.1. The molecule has 93 heavy (non-hydrogen) atoms. The third-order valence-corrected chi connectivity index (χ3v) is 19.3. The van der Waals surface area contributed by atoms with Gasteiger partial charge in [-0.15, -0.1) is 0 Å². The molecule has 0 spiro atoms. The molecule has 0 saturated carbocycles. The molecule has 0 fully saturated rings. The molecule has 0 radical (unpaired) electrons. The zero-order valence-electron chi connectivity index (χ0n) is 55.4. The summed E-state index contributed by atoms with van der Waals surface area (Å²) in [4.78, 5) is 4.85. The first-order valence-corrected chi connectivity index (χ1v) is 33.1. The summed E-state index contributed by atoms with van der Waals surface area (Å²) in [5.41, 5.74) is 23.8. The van der Waals surface area contributed by atoms with Gasteiger partial charge in [0.15, 0.2) is 0 Å². The average Bonchev–Trinajstić information content (AvgIpc) is 1.72. The van der Waals surface area contributed by atoms with E-state index in [1.54, 1.807) is 0 Å². The number of anilines is 6. The second-order valence-corrected chi connectivity index (χ2v) is 28.9. The summed E-state index contributed by atoms with van der Waals surface area (Å²) in [6.45, 7) is 25.3. The summed E-state index contributed by atoms with van der Waals surface area (Å²) in [6.07, 6.45) is 0. The first kappa shape index (κ1) is 58.9. The van der Waals surface area contributed by atoms with E-state index >= 15 is 0 Å². The number of rotatable bonds is 11. The molecule has 2 heterocycles. The van der Waals surface area contributed by atoms with Gasteiger partial charge in [-0.1, -0.05) is 228 Å². The van der Waals surface area contributed by atoms with E-state index in [0.717, 1.165) is 62.2 Å². The molecule has 0 atom stereocenters. The van der Waals surface area contributed by atoms with Crippen LogP contribution in [0.1, 0.15) is 104 Å². The largest absolute Gasteiger partial charge is 0.310 e. The van der Waals surface area contributed by atoms with Gasteiger partial charge in [-0.2, -0.15) is 0 Å². The molecule has 0 saturated heterocycles. The second-order valence-electron chi connectivity index (χ2n) is 28.9. The predicted octanol–water partition coefficient (Wildman–Crippen LogP) is 25.5. The Labute approximate surface area is 548 Å². The van der Waals surface area contributed by atoms with Gasteiger partial charge in [-0.3, -0.25) is 0 Å².